The van der Waals surface area contributed by atoms with Crippen LogP contribution in [0, 0.1) is 20.8 Å². The van der Waals surface area contributed by atoms with Crippen molar-refractivity contribution in [1.82, 2.24) is 14.5 Å². The summed E-state index contributed by atoms with van der Waals surface area (Å²) in [6.07, 6.45) is 1.76. The third-order valence-corrected chi connectivity index (χ3v) is 2.68. The lowest BCUT2D eigenvalue weighted by molar-refractivity contribution is 0.281. The number of aliphatic hydroxyl groups excluding tert-OH is 1. The van der Waals surface area contributed by atoms with Gasteiger partial charge in [-0.15, -0.1) is 0 Å². The van der Waals surface area contributed by atoms with Crippen LogP contribution >= 0.6 is 0 Å². The molecule has 16 heavy (non-hydrogen) atoms. The first-order valence-electron chi connectivity index (χ1n) is 5.21. The number of hydrogen-bond donors (Lipinski definition) is 1. The predicted molar refractivity (Wildman–Crippen MR) is 61.5 cm³/mol. The van der Waals surface area contributed by atoms with Crippen LogP contribution in [-0.4, -0.2) is 19.6 Å². The minimum atomic E-state index is 0.0308. The first kappa shape index (κ1) is 10.8. The van der Waals surface area contributed by atoms with E-state index in [0.29, 0.717) is 0 Å². The van der Waals surface area contributed by atoms with Crippen LogP contribution in [0.25, 0.3) is 5.82 Å². The van der Waals surface area contributed by atoms with Gasteiger partial charge in [0, 0.05) is 11.4 Å². The first-order valence-corrected chi connectivity index (χ1v) is 5.21. The highest BCUT2D eigenvalue weighted by Crippen LogP contribution is 2.14. The number of aryl methyl sites for hydroxylation is 2. The molecule has 0 radical (unpaired) electrons. The SMILES string of the molecule is Cc1cc(CO)cc(-n2cnc(C)c2C)n1. The summed E-state index contributed by atoms with van der Waals surface area (Å²) in [5, 5.41) is 9.16. The van der Waals surface area contributed by atoms with E-state index in [-0.39, 0.29) is 6.61 Å². The van der Waals surface area contributed by atoms with Gasteiger partial charge in [-0.25, -0.2) is 9.97 Å². The van der Waals surface area contributed by atoms with Crippen molar-refractivity contribution in [2.45, 2.75) is 27.4 Å². The van der Waals surface area contributed by atoms with E-state index in [2.05, 4.69) is 9.97 Å². The Labute approximate surface area is 94.6 Å². The molecule has 0 aliphatic heterocycles. The van der Waals surface area contributed by atoms with Gasteiger partial charge in [0.2, 0.25) is 0 Å². The summed E-state index contributed by atoms with van der Waals surface area (Å²) in [7, 11) is 0. The maximum Gasteiger partial charge on any atom is 0.138 e. The van der Waals surface area contributed by atoms with Gasteiger partial charge in [0.25, 0.3) is 0 Å². The van der Waals surface area contributed by atoms with Gasteiger partial charge in [0.05, 0.1) is 12.3 Å². The van der Waals surface area contributed by atoms with Crippen molar-refractivity contribution in [1.29, 1.82) is 0 Å². The van der Waals surface area contributed by atoms with Crippen molar-refractivity contribution in [3.05, 3.63) is 41.1 Å². The van der Waals surface area contributed by atoms with Crippen molar-refractivity contribution < 1.29 is 5.11 Å². The summed E-state index contributed by atoms with van der Waals surface area (Å²) < 4.78 is 1.93. The first-order chi connectivity index (χ1) is 7.61. The minimum Gasteiger partial charge on any atom is -0.392 e. The normalized spacial score (nSPS) is 10.8. The van der Waals surface area contributed by atoms with Crippen LogP contribution < -0.4 is 0 Å². The standard InChI is InChI=1S/C12H15N3O/c1-8-4-11(6-16)5-12(14-8)15-7-13-9(2)10(15)3/h4-5,7,16H,6H2,1-3H3. The molecule has 0 saturated carbocycles. The Bertz CT molecular complexity index is 517. The van der Waals surface area contributed by atoms with Gasteiger partial charge < -0.3 is 5.11 Å². The molecule has 0 fully saturated rings. The number of rotatable bonds is 2. The van der Waals surface area contributed by atoms with Gasteiger partial charge in [0.1, 0.15) is 12.1 Å². The Hall–Kier alpha value is -1.68. The Morgan fingerprint density at radius 1 is 1.25 bits per heavy atom. The molecule has 84 valence electrons. The number of hydrogen-bond acceptors (Lipinski definition) is 3. The van der Waals surface area contributed by atoms with Crippen LogP contribution in [-0.2, 0) is 6.61 Å². The fourth-order valence-electron chi connectivity index (χ4n) is 1.67. The van der Waals surface area contributed by atoms with E-state index in [9.17, 15) is 0 Å². The molecular weight excluding hydrogens is 202 g/mol. The zero-order valence-electron chi connectivity index (χ0n) is 9.73. The number of aliphatic hydroxyl groups is 1. The monoisotopic (exact) mass is 217 g/mol. The number of aromatic nitrogens is 3. The largest absolute Gasteiger partial charge is 0.392 e. The molecular formula is C12H15N3O. The van der Waals surface area contributed by atoms with Gasteiger partial charge in [-0.05, 0) is 38.5 Å². The van der Waals surface area contributed by atoms with Crippen LogP contribution in [0.1, 0.15) is 22.6 Å². The highest BCUT2D eigenvalue weighted by molar-refractivity contribution is 5.33. The Kier molecular flexibility index (Phi) is 2.75. The molecule has 0 unspecified atom stereocenters. The Morgan fingerprint density at radius 3 is 2.56 bits per heavy atom. The van der Waals surface area contributed by atoms with E-state index in [1.54, 1.807) is 6.33 Å². The second-order valence-electron chi connectivity index (χ2n) is 3.92. The van der Waals surface area contributed by atoms with Crippen LogP contribution in [0.5, 0.6) is 0 Å². The lowest BCUT2D eigenvalue weighted by atomic mass is 10.2. The maximum atomic E-state index is 9.16. The molecule has 2 aromatic rings. The van der Waals surface area contributed by atoms with E-state index < -0.39 is 0 Å². The molecule has 1 N–H and O–H groups in total. The predicted octanol–water partition coefficient (Wildman–Crippen LogP) is 1.68. The van der Waals surface area contributed by atoms with Crippen LogP contribution in [0.15, 0.2) is 18.5 Å². The van der Waals surface area contributed by atoms with Gasteiger partial charge >= 0.3 is 0 Å². The van der Waals surface area contributed by atoms with E-state index in [4.69, 9.17) is 5.11 Å². The second kappa shape index (κ2) is 4.06. The lowest BCUT2D eigenvalue weighted by Crippen LogP contribution is -2.01. The van der Waals surface area contributed by atoms with Crippen LogP contribution in [0.3, 0.4) is 0 Å². The molecule has 0 aromatic carbocycles. The van der Waals surface area contributed by atoms with Crippen molar-refractivity contribution in [3.63, 3.8) is 0 Å². The molecule has 2 aromatic heterocycles. The van der Waals surface area contributed by atoms with Crippen molar-refractivity contribution in [2.75, 3.05) is 0 Å². The van der Waals surface area contributed by atoms with E-state index >= 15 is 0 Å². The van der Waals surface area contributed by atoms with Crippen molar-refractivity contribution in [2.24, 2.45) is 0 Å². The summed E-state index contributed by atoms with van der Waals surface area (Å²) in [4.78, 5) is 8.68. The molecule has 0 amide bonds. The summed E-state index contributed by atoms with van der Waals surface area (Å²) in [5.74, 6) is 0.808. The Morgan fingerprint density at radius 2 is 2.00 bits per heavy atom. The molecule has 0 aliphatic rings. The average molecular weight is 217 g/mol. The van der Waals surface area contributed by atoms with E-state index in [0.717, 1.165) is 28.5 Å². The van der Waals surface area contributed by atoms with Gasteiger partial charge in [-0.2, -0.15) is 0 Å². The van der Waals surface area contributed by atoms with Crippen molar-refractivity contribution in [3.8, 4) is 5.82 Å². The second-order valence-corrected chi connectivity index (χ2v) is 3.92. The minimum absolute atomic E-state index is 0.0308. The van der Waals surface area contributed by atoms with E-state index in [1.807, 2.05) is 37.5 Å². The summed E-state index contributed by atoms with van der Waals surface area (Å²) in [6.45, 7) is 5.92. The quantitative estimate of drug-likeness (QED) is 0.832. The molecule has 0 atom stereocenters. The number of imidazole rings is 1. The molecule has 0 bridgehead atoms. The Balaban J connectivity index is 2.55. The topological polar surface area (TPSA) is 50.9 Å². The van der Waals surface area contributed by atoms with E-state index in [1.165, 1.54) is 0 Å². The fourth-order valence-corrected chi connectivity index (χ4v) is 1.67. The molecule has 2 rings (SSSR count). The summed E-state index contributed by atoms with van der Waals surface area (Å²) in [5.41, 5.74) is 3.83. The third-order valence-electron chi connectivity index (χ3n) is 2.68. The van der Waals surface area contributed by atoms with Crippen LogP contribution in [0.2, 0.25) is 0 Å². The highest BCUT2D eigenvalue weighted by atomic mass is 16.3. The number of pyridine rings is 1. The zero-order valence-corrected chi connectivity index (χ0v) is 9.73. The smallest absolute Gasteiger partial charge is 0.138 e. The maximum absolute atomic E-state index is 9.16. The fraction of sp³-hybridized carbons (Fsp3) is 0.333. The highest BCUT2D eigenvalue weighted by Gasteiger charge is 2.07. The van der Waals surface area contributed by atoms with Gasteiger partial charge in [0.15, 0.2) is 0 Å². The third kappa shape index (κ3) is 1.84. The van der Waals surface area contributed by atoms with Gasteiger partial charge in [-0.3, -0.25) is 4.57 Å². The molecule has 4 heteroatoms. The molecule has 0 saturated heterocycles. The summed E-state index contributed by atoms with van der Waals surface area (Å²) in [6, 6.07) is 3.75. The molecule has 4 nitrogen and oxygen atoms in total. The average Bonchev–Trinajstić information content (AvgIpc) is 2.59. The van der Waals surface area contributed by atoms with Crippen LogP contribution in [0.4, 0.5) is 0 Å². The molecule has 2 heterocycles. The molecule has 0 spiro atoms. The number of nitrogens with zero attached hydrogens (tertiary/aromatic N) is 3. The van der Waals surface area contributed by atoms with Gasteiger partial charge in [-0.1, -0.05) is 0 Å². The summed E-state index contributed by atoms with van der Waals surface area (Å²) >= 11 is 0. The molecule has 0 aliphatic carbocycles. The lowest BCUT2D eigenvalue weighted by Gasteiger charge is -2.07. The zero-order chi connectivity index (χ0) is 11.7. The van der Waals surface area contributed by atoms with Crippen molar-refractivity contribution >= 4 is 0 Å².